The van der Waals surface area contributed by atoms with Gasteiger partial charge in [-0.25, -0.2) is 0 Å². The summed E-state index contributed by atoms with van der Waals surface area (Å²) in [7, 11) is 0. The van der Waals surface area contributed by atoms with Crippen LogP contribution in [0.25, 0.3) is 32.7 Å². The lowest BCUT2D eigenvalue weighted by Gasteiger charge is -2.07. The van der Waals surface area contributed by atoms with E-state index in [1.165, 1.54) is 27.2 Å². The van der Waals surface area contributed by atoms with E-state index in [1.807, 2.05) is 12.3 Å². The van der Waals surface area contributed by atoms with Crippen LogP contribution in [0.3, 0.4) is 0 Å². The van der Waals surface area contributed by atoms with Crippen LogP contribution in [0.4, 0.5) is 0 Å². The molecule has 0 aliphatic carbocycles. The van der Waals surface area contributed by atoms with E-state index in [0.717, 1.165) is 37.7 Å². The monoisotopic (exact) mass is 360 g/mol. The standard InChI is InChI=1S/C26H20N2/c1-2-3-4-5-6-7-8-9-14-19-28-24-18-13-11-16-22(24)26-21-15-10-12-17-23(21)27-20-25(26)28/h1,10-13,15-18,20H,7-9,14,19H2. The molecule has 2 nitrogen and oxygen atoms in total. The Hall–Kier alpha value is -3.67. The molecule has 0 N–H and O–H groups in total. The SMILES string of the molecule is C#CC#CC#CCCCCCn1c2ccccc2c2c3ccccc3ncc21. The Kier molecular flexibility index (Phi) is 5.29. The smallest absolute Gasteiger partial charge is 0.0709 e. The largest absolute Gasteiger partial charge is 0.339 e. The summed E-state index contributed by atoms with van der Waals surface area (Å²) in [6.07, 6.45) is 11.3. The van der Waals surface area contributed by atoms with Gasteiger partial charge >= 0.3 is 0 Å². The van der Waals surface area contributed by atoms with Crippen molar-refractivity contribution in [3.8, 4) is 36.0 Å². The summed E-state index contributed by atoms with van der Waals surface area (Å²) in [5, 5.41) is 3.83. The van der Waals surface area contributed by atoms with E-state index < -0.39 is 0 Å². The lowest BCUT2D eigenvalue weighted by molar-refractivity contribution is 0.615. The lowest BCUT2D eigenvalue weighted by atomic mass is 10.1. The fraction of sp³-hybridized carbons (Fsp3) is 0.192. The zero-order valence-corrected chi connectivity index (χ0v) is 15.7. The molecule has 2 heterocycles. The van der Waals surface area contributed by atoms with Gasteiger partial charge in [-0.2, -0.15) is 0 Å². The second kappa shape index (κ2) is 8.35. The molecule has 4 aromatic rings. The normalized spacial score (nSPS) is 10.2. The van der Waals surface area contributed by atoms with Crippen LogP contribution in [0, 0.1) is 36.0 Å². The van der Waals surface area contributed by atoms with E-state index in [2.05, 4.69) is 76.6 Å². The summed E-state index contributed by atoms with van der Waals surface area (Å²) in [6.45, 7) is 0.981. The number of pyridine rings is 1. The Morgan fingerprint density at radius 1 is 0.821 bits per heavy atom. The fourth-order valence-electron chi connectivity index (χ4n) is 3.74. The van der Waals surface area contributed by atoms with E-state index in [-0.39, 0.29) is 0 Å². The average molecular weight is 360 g/mol. The highest BCUT2D eigenvalue weighted by Gasteiger charge is 2.13. The Morgan fingerprint density at radius 2 is 1.64 bits per heavy atom. The number of nitrogens with zero attached hydrogens (tertiary/aromatic N) is 2. The van der Waals surface area contributed by atoms with Crippen molar-refractivity contribution < 1.29 is 0 Å². The molecular formula is C26H20N2. The molecule has 2 aromatic heterocycles. The Labute approximate surface area is 165 Å². The molecule has 0 aliphatic rings. The van der Waals surface area contributed by atoms with Crippen LogP contribution >= 0.6 is 0 Å². The van der Waals surface area contributed by atoms with Crippen LogP contribution in [-0.4, -0.2) is 9.55 Å². The summed E-state index contributed by atoms with van der Waals surface area (Å²) in [6, 6.07) is 17.0. The summed E-state index contributed by atoms with van der Waals surface area (Å²) in [5.41, 5.74) is 3.54. The number of aryl methyl sites for hydroxylation is 1. The average Bonchev–Trinajstić information content (AvgIpc) is 3.07. The highest BCUT2D eigenvalue weighted by atomic mass is 15.0. The molecule has 0 fully saturated rings. The van der Waals surface area contributed by atoms with Crippen molar-refractivity contribution >= 4 is 32.7 Å². The molecule has 0 bridgehead atoms. The van der Waals surface area contributed by atoms with Crippen LogP contribution in [0.1, 0.15) is 25.7 Å². The van der Waals surface area contributed by atoms with Crippen molar-refractivity contribution in [2.24, 2.45) is 0 Å². The second-order valence-electron chi connectivity index (χ2n) is 6.71. The number of terminal acetylenes is 1. The van der Waals surface area contributed by atoms with E-state index >= 15 is 0 Å². The van der Waals surface area contributed by atoms with Crippen molar-refractivity contribution in [1.82, 2.24) is 9.55 Å². The van der Waals surface area contributed by atoms with Gasteiger partial charge in [-0.3, -0.25) is 4.98 Å². The van der Waals surface area contributed by atoms with Gasteiger partial charge in [-0.05, 0) is 48.7 Å². The first-order valence-electron chi connectivity index (χ1n) is 9.58. The number of unbranched alkanes of at least 4 members (excludes halogenated alkanes) is 3. The molecule has 28 heavy (non-hydrogen) atoms. The summed E-state index contributed by atoms with van der Waals surface area (Å²) in [4.78, 5) is 4.69. The van der Waals surface area contributed by atoms with Gasteiger partial charge in [-0.15, -0.1) is 6.42 Å². The van der Waals surface area contributed by atoms with Crippen molar-refractivity contribution in [2.75, 3.05) is 0 Å². The Bertz CT molecular complexity index is 1310. The second-order valence-corrected chi connectivity index (χ2v) is 6.71. The molecule has 4 rings (SSSR count). The zero-order valence-electron chi connectivity index (χ0n) is 15.7. The number of hydrogen-bond donors (Lipinski definition) is 0. The van der Waals surface area contributed by atoms with Crippen LogP contribution in [0.5, 0.6) is 0 Å². The summed E-state index contributed by atoms with van der Waals surface area (Å²) < 4.78 is 2.41. The highest BCUT2D eigenvalue weighted by molar-refractivity contribution is 6.19. The zero-order chi connectivity index (χ0) is 19.2. The van der Waals surface area contributed by atoms with Crippen molar-refractivity contribution in [3.05, 3.63) is 54.7 Å². The Balaban J connectivity index is 1.58. The molecule has 0 radical (unpaired) electrons. The van der Waals surface area contributed by atoms with Gasteiger partial charge in [0.25, 0.3) is 0 Å². The molecular weight excluding hydrogens is 340 g/mol. The van der Waals surface area contributed by atoms with E-state index in [0.29, 0.717) is 0 Å². The molecule has 134 valence electrons. The number of para-hydroxylation sites is 2. The molecule has 0 spiro atoms. The van der Waals surface area contributed by atoms with Gasteiger partial charge in [-0.1, -0.05) is 48.7 Å². The molecule has 0 aliphatic heterocycles. The predicted molar refractivity (Wildman–Crippen MR) is 118 cm³/mol. The number of benzene rings is 2. The highest BCUT2D eigenvalue weighted by Crippen LogP contribution is 2.33. The lowest BCUT2D eigenvalue weighted by Crippen LogP contribution is -1.98. The minimum Gasteiger partial charge on any atom is -0.339 e. The first kappa shape index (κ1) is 17.7. The van der Waals surface area contributed by atoms with Crippen LogP contribution < -0.4 is 0 Å². The number of fused-ring (bicyclic) bond motifs is 5. The van der Waals surface area contributed by atoms with E-state index in [4.69, 9.17) is 11.4 Å². The molecule has 2 aromatic carbocycles. The maximum Gasteiger partial charge on any atom is 0.0709 e. The first-order chi connectivity index (χ1) is 13.9. The van der Waals surface area contributed by atoms with Crippen molar-refractivity contribution in [1.29, 1.82) is 0 Å². The summed E-state index contributed by atoms with van der Waals surface area (Å²) >= 11 is 0. The van der Waals surface area contributed by atoms with Gasteiger partial charge in [0, 0.05) is 34.6 Å². The molecule has 0 amide bonds. The number of hydrogen-bond acceptors (Lipinski definition) is 1. The molecule has 0 unspecified atom stereocenters. The third-order valence-corrected chi connectivity index (χ3v) is 4.98. The maximum absolute atomic E-state index is 5.07. The molecule has 0 saturated heterocycles. The first-order valence-corrected chi connectivity index (χ1v) is 9.58. The van der Waals surface area contributed by atoms with Gasteiger partial charge in [0.2, 0.25) is 0 Å². The van der Waals surface area contributed by atoms with E-state index in [1.54, 1.807) is 0 Å². The molecule has 0 saturated carbocycles. The predicted octanol–water partition coefficient (Wildman–Crippen LogP) is 5.54. The minimum absolute atomic E-state index is 0.860. The quantitative estimate of drug-likeness (QED) is 0.337. The van der Waals surface area contributed by atoms with Crippen molar-refractivity contribution in [3.63, 3.8) is 0 Å². The Morgan fingerprint density at radius 3 is 2.54 bits per heavy atom. The van der Waals surface area contributed by atoms with Gasteiger partial charge in [0.05, 0.1) is 17.2 Å². The van der Waals surface area contributed by atoms with Crippen molar-refractivity contribution in [2.45, 2.75) is 32.2 Å². The maximum atomic E-state index is 5.07. The fourth-order valence-corrected chi connectivity index (χ4v) is 3.74. The summed E-state index contributed by atoms with van der Waals surface area (Å²) in [5.74, 6) is 13.3. The van der Waals surface area contributed by atoms with Gasteiger partial charge < -0.3 is 4.57 Å². The van der Waals surface area contributed by atoms with Crippen LogP contribution in [0.2, 0.25) is 0 Å². The number of aromatic nitrogens is 2. The van der Waals surface area contributed by atoms with Gasteiger partial charge in [0.15, 0.2) is 0 Å². The number of rotatable bonds is 5. The molecule has 2 heteroatoms. The van der Waals surface area contributed by atoms with Crippen LogP contribution in [-0.2, 0) is 6.54 Å². The minimum atomic E-state index is 0.860. The topological polar surface area (TPSA) is 17.8 Å². The van der Waals surface area contributed by atoms with Gasteiger partial charge in [0.1, 0.15) is 0 Å². The third-order valence-electron chi connectivity index (χ3n) is 4.98. The molecule has 0 atom stereocenters. The third kappa shape index (κ3) is 3.44. The van der Waals surface area contributed by atoms with E-state index in [9.17, 15) is 0 Å². The van der Waals surface area contributed by atoms with Crippen LogP contribution in [0.15, 0.2) is 54.7 Å².